The molecule has 1 fully saturated rings. The lowest BCUT2D eigenvalue weighted by Gasteiger charge is -2.14. The molecule has 1 atom stereocenters. The number of para-hydroxylation sites is 1. The first-order valence-corrected chi connectivity index (χ1v) is 5.98. The Morgan fingerprint density at radius 3 is 3.07 bits per heavy atom. The lowest BCUT2D eigenvalue weighted by molar-refractivity contribution is 0.613. The fraction of sp³-hybridized carbons (Fsp3) is 0.455. The first-order valence-electron chi connectivity index (χ1n) is 5.18. The van der Waals surface area contributed by atoms with Gasteiger partial charge in [-0.3, -0.25) is 0 Å². The summed E-state index contributed by atoms with van der Waals surface area (Å²) in [5, 5.41) is 6.50. The van der Waals surface area contributed by atoms with E-state index in [9.17, 15) is 4.39 Å². The van der Waals surface area contributed by atoms with Gasteiger partial charge in [-0.25, -0.2) is 4.39 Å². The Kier molecular flexibility index (Phi) is 3.59. The van der Waals surface area contributed by atoms with E-state index in [2.05, 4.69) is 26.6 Å². The van der Waals surface area contributed by atoms with Crippen molar-refractivity contribution in [3.63, 3.8) is 0 Å². The molecule has 15 heavy (non-hydrogen) atoms. The predicted molar refractivity (Wildman–Crippen MR) is 63.6 cm³/mol. The zero-order chi connectivity index (χ0) is 10.7. The molecule has 2 nitrogen and oxygen atoms in total. The molecular weight excluding hydrogens is 259 g/mol. The number of benzene rings is 1. The van der Waals surface area contributed by atoms with E-state index in [0.717, 1.165) is 17.6 Å². The van der Waals surface area contributed by atoms with E-state index < -0.39 is 0 Å². The SMILES string of the molecule is Fc1cccc(Br)c1NCC1CCCN1. The van der Waals surface area contributed by atoms with Crippen LogP contribution in [0.1, 0.15) is 12.8 Å². The standard InChI is InChI=1S/C11H14BrFN2/c12-9-4-1-5-10(13)11(9)15-7-8-3-2-6-14-8/h1,4-5,8,14-15H,2-3,6-7H2. The molecule has 0 saturated carbocycles. The third-order valence-corrected chi connectivity index (χ3v) is 3.31. The maximum atomic E-state index is 13.4. The molecular formula is C11H14BrFN2. The van der Waals surface area contributed by atoms with Gasteiger partial charge in [-0.15, -0.1) is 0 Å². The minimum Gasteiger partial charge on any atom is -0.380 e. The third-order valence-electron chi connectivity index (χ3n) is 2.65. The molecule has 1 aromatic carbocycles. The molecule has 2 N–H and O–H groups in total. The van der Waals surface area contributed by atoms with Crippen LogP contribution in [0.5, 0.6) is 0 Å². The molecule has 4 heteroatoms. The quantitative estimate of drug-likeness (QED) is 0.884. The van der Waals surface area contributed by atoms with Crippen LogP contribution in [0, 0.1) is 5.82 Å². The van der Waals surface area contributed by atoms with Crippen molar-refractivity contribution in [2.24, 2.45) is 0 Å². The molecule has 1 saturated heterocycles. The van der Waals surface area contributed by atoms with E-state index >= 15 is 0 Å². The Balaban J connectivity index is 1.97. The number of rotatable bonds is 3. The third kappa shape index (κ3) is 2.69. The molecule has 0 aromatic heterocycles. The van der Waals surface area contributed by atoms with Gasteiger partial charge < -0.3 is 10.6 Å². The van der Waals surface area contributed by atoms with Gasteiger partial charge in [0.05, 0.1) is 5.69 Å². The van der Waals surface area contributed by atoms with Crippen LogP contribution in [0.2, 0.25) is 0 Å². The summed E-state index contributed by atoms with van der Waals surface area (Å²) in [7, 11) is 0. The number of nitrogens with one attached hydrogen (secondary N) is 2. The van der Waals surface area contributed by atoms with Crippen molar-refractivity contribution in [2.45, 2.75) is 18.9 Å². The smallest absolute Gasteiger partial charge is 0.147 e. The lowest BCUT2D eigenvalue weighted by atomic mass is 10.2. The molecule has 1 aliphatic rings. The van der Waals surface area contributed by atoms with Crippen molar-refractivity contribution < 1.29 is 4.39 Å². The Morgan fingerprint density at radius 1 is 1.53 bits per heavy atom. The lowest BCUT2D eigenvalue weighted by Crippen LogP contribution is -2.29. The molecule has 1 heterocycles. The van der Waals surface area contributed by atoms with Gasteiger partial charge in [-0.05, 0) is 47.4 Å². The average molecular weight is 273 g/mol. The molecule has 0 aliphatic carbocycles. The normalized spacial score (nSPS) is 20.5. The van der Waals surface area contributed by atoms with Crippen LogP contribution in [0.15, 0.2) is 22.7 Å². The van der Waals surface area contributed by atoms with Gasteiger partial charge in [0.15, 0.2) is 0 Å². The zero-order valence-corrected chi connectivity index (χ0v) is 9.98. The van der Waals surface area contributed by atoms with Crippen LogP contribution in [0.3, 0.4) is 0 Å². The van der Waals surface area contributed by atoms with Crippen molar-refractivity contribution in [3.8, 4) is 0 Å². The zero-order valence-electron chi connectivity index (χ0n) is 8.39. The summed E-state index contributed by atoms with van der Waals surface area (Å²) < 4.78 is 14.2. The molecule has 2 rings (SSSR count). The molecule has 0 radical (unpaired) electrons. The topological polar surface area (TPSA) is 24.1 Å². The van der Waals surface area contributed by atoms with Crippen molar-refractivity contribution in [2.75, 3.05) is 18.4 Å². The van der Waals surface area contributed by atoms with E-state index in [0.29, 0.717) is 11.7 Å². The fourth-order valence-electron chi connectivity index (χ4n) is 1.82. The first-order chi connectivity index (χ1) is 7.27. The van der Waals surface area contributed by atoms with E-state index in [1.807, 2.05) is 6.07 Å². The number of hydrogen-bond donors (Lipinski definition) is 2. The highest BCUT2D eigenvalue weighted by molar-refractivity contribution is 9.10. The van der Waals surface area contributed by atoms with Crippen molar-refractivity contribution >= 4 is 21.6 Å². The van der Waals surface area contributed by atoms with E-state index in [-0.39, 0.29) is 5.82 Å². The minimum atomic E-state index is -0.206. The van der Waals surface area contributed by atoms with Gasteiger partial charge in [0.1, 0.15) is 5.82 Å². The Bertz CT molecular complexity index is 317. The molecule has 0 amide bonds. The average Bonchev–Trinajstić information content (AvgIpc) is 2.70. The van der Waals surface area contributed by atoms with Gasteiger partial charge in [-0.1, -0.05) is 6.07 Å². The minimum absolute atomic E-state index is 0.206. The molecule has 1 aliphatic heterocycles. The summed E-state index contributed by atoms with van der Waals surface area (Å²) in [6, 6.07) is 5.47. The van der Waals surface area contributed by atoms with Gasteiger partial charge >= 0.3 is 0 Å². The molecule has 82 valence electrons. The highest BCUT2D eigenvalue weighted by Gasteiger charge is 2.14. The fourth-order valence-corrected chi connectivity index (χ4v) is 2.31. The van der Waals surface area contributed by atoms with Crippen molar-refractivity contribution in [1.82, 2.24) is 5.32 Å². The van der Waals surface area contributed by atoms with Gasteiger partial charge in [0.25, 0.3) is 0 Å². The first kappa shape index (κ1) is 10.9. The summed E-state index contributed by atoms with van der Waals surface area (Å²) in [6.45, 7) is 1.85. The summed E-state index contributed by atoms with van der Waals surface area (Å²) in [4.78, 5) is 0. The maximum absolute atomic E-state index is 13.4. The van der Waals surface area contributed by atoms with Gasteiger partial charge in [0.2, 0.25) is 0 Å². The summed E-state index contributed by atoms with van der Waals surface area (Å²) >= 11 is 3.33. The highest BCUT2D eigenvalue weighted by atomic mass is 79.9. The van der Waals surface area contributed by atoms with E-state index in [1.165, 1.54) is 18.9 Å². The molecule has 0 bridgehead atoms. The van der Waals surface area contributed by atoms with E-state index in [4.69, 9.17) is 0 Å². The van der Waals surface area contributed by atoms with Crippen LogP contribution in [-0.2, 0) is 0 Å². The second-order valence-electron chi connectivity index (χ2n) is 3.77. The number of hydrogen-bond acceptors (Lipinski definition) is 2. The Labute approximate surface area is 97.4 Å². The van der Waals surface area contributed by atoms with Crippen LogP contribution < -0.4 is 10.6 Å². The van der Waals surface area contributed by atoms with Crippen LogP contribution in [0.25, 0.3) is 0 Å². The van der Waals surface area contributed by atoms with Crippen LogP contribution in [-0.4, -0.2) is 19.1 Å². The highest BCUT2D eigenvalue weighted by Crippen LogP contribution is 2.25. The Morgan fingerprint density at radius 2 is 2.40 bits per heavy atom. The largest absolute Gasteiger partial charge is 0.380 e. The second-order valence-corrected chi connectivity index (χ2v) is 4.63. The van der Waals surface area contributed by atoms with Crippen LogP contribution in [0.4, 0.5) is 10.1 Å². The summed E-state index contributed by atoms with van der Waals surface area (Å²) in [5.74, 6) is -0.206. The van der Waals surface area contributed by atoms with Gasteiger partial charge in [-0.2, -0.15) is 0 Å². The summed E-state index contributed by atoms with van der Waals surface area (Å²) in [6.07, 6.45) is 2.38. The van der Waals surface area contributed by atoms with Gasteiger partial charge in [0, 0.05) is 17.1 Å². The maximum Gasteiger partial charge on any atom is 0.147 e. The van der Waals surface area contributed by atoms with Crippen LogP contribution >= 0.6 is 15.9 Å². The number of anilines is 1. The predicted octanol–water partition coefficient (Wildman–Crippen LogP) is 2.75. The van der Waals surface area contributed by atoms with Crippen molar-refractivity contribution in [1.29, 1.82) is 0 Å². The molecule has 1 unspecified atom stereocenters. The second kappa shape index (κ2) is 4.94. The monoisotopic (exact) mass is 272 g/mol. The molecule has 1 aromatic rings. The van der Waals surface area contributed by atoms with Crippen molar-refractivity contribution in [3.05, 3.63) is 28.5 Å². The number of halogens is 2. The summed E-state index contributed by atoms with van der Waals surface area (Å²) in [5.41, 5.74) is 0.561. The van der Waals surface area contributed by atoms with E-state index in [1.54, 1.807) is 6.07 Å². The molecule has 0 spiro atoms. The Hall–Kier alpha value is -0.610.